The number of ether oxygens (including phenoxy) is 2. The number of carbonyl (C=O) groups is 2. The van der Waals surface area contributed by atoms with Gasteiger partial charge in [-0.05, 0) is 25.0 Å². The van der Waals surface area contributed by atoms with E-state index in [-0.39, 0.29) is 30.0 Å². The van der Waals surface area contributed by atoms with Crippen LogP contribution in [0.1, 0.15) is 45.2 Å². The van der Waals surface area contributed by atoms with Crippen LogP contribution >= 0.6 is 0 Å². The molecule has 4 heterocycles. The molecule has 0 aliphatic carbocycles. The number of aromatic nitrogens is 4. The van der Waals surface area contributed by atoms with E-state index in [1.807, 2.05) is 20.8 Å². The number of cyclic esters (lactones) is 1. The molecule has 0 saturated carbocycles. The van der Waals surface area contributed by atoms with Gasteiger partial charge in [0.1, 0.15) is 18.5 Å². The Morgan fingerprint density at radius 1 is 1.23 bits per heavy atom. The summed E-state index contributed by atoms with van der Waals surface area (Å²) in [6, 6.07) is 1.75. The van der Waals surface area contributed by atoms with Crippen LogP contribution in [0.15, 0.2) is 37.3 Å². The lowest BCUT2D eigenvalue weighted by atomic mass is 10.0. The molecule has 2 aromatic rings. The largest absolute Gasteiger partial charge is 0.460 e. The smallest absolute Gasteiger partial charge is 0.415 e. The molecular formula is C24H31N7O4. The maximum absolute atomic E-state index is 12.3. The van der Waals surface area contributed by atoms with Gasteiger partial charge in [0.15, 0.2) is 0 Å². The molecule has 1 N–H and O–H groups in total. The first-order valence-electron chi connectivity index (χ1n) is 11.8. The third kappa shape index (κ3) is 5.67. The SMILES string of the molecule is C=CC(=O)N1CCC(Oc2ncc(C(C)Nc3nccc(N4C(=O)OCC4C(C)C)n3)cn2)CC1. The lowest BCUT2D eigenvalue weighted by Crippen LogP contribution is -2.41. The number of nitrogens with one attached hydrogen (secondary N) is 1. The van der Waals surface area contributed by atoms with Crippen molar-refractivity contribution in [1.82, 2.24) is 24.8 Å². The molecule has 0 bridgehead atoms. The second-order valence-corrected chi connectivity index (χ2v) is 9.01. The maximum atomic E-state index is 12.3. The standard InChI is InChI=1S/C24H31N7O4/c1-5-21(32)30-10-7-18(8-11-30)35-23-26-12-17(13-27-23)16(4)28-22-25-9-6-20(29-22)31-19(15(2)3)14-34-24(31)33/h5-6,9,12-13,15-16,18-19H,1,7-8,10-11,14H2,2-4H3,(H,25,28,29). The molecule has 2 amide bonds. The van der Waals surface area contributed by atoms with Crippen LogP contribution in [0.3, 0.4) is 0 Å². The number of nitrogens with zero attached hydrogens (tertiary/aromatic N) is 6. The Balaban J connectivity index is 1.35. The summed E-state index contributed by atoms with van der Waals surface area (Å²) >= 11 is 0. The molecule has 11 heteroatoms. The third-order valence-electron chi connectivity index (χ3n) is 6.26. The van der Waals surface area contributed by atoms with Gasteiger partial charge in [0.25, 0.3) is 0 Å². The highest BCUT2D eigenvalue weighted by atomic mass is 16.6. The van der Waals surface area contributed by atoms with E-state index >= 15 is 0 Å². The zero-order chi connectivity index (χ0) is 24.9. The topological polar surface area (TPSA) is 123 Å². The molecule has 4 rings (SSSR count). The Hall–Kier alpha value is -3.76. The van der Waals surface area contributed by atoms with E-state index < -0.39 is 6.09 Å². The summed E-state index contributed by atoms with van der Waals surface area (Å²) in [5.74, 6) is 1.06. The summed E-state index contributed by atoms with van der Waals surface area (Å²) < 4.78 is 11.1. The van der Waals surface area contributed by atoms with Gasteiger partial charge in [0.2, 0.25) is 11.9 Å². The zero-order valence-corrected chi connectivity index (χ0v) is 20.3. The van der Waals surface area contributed by atoms with Crippen LogP contribution in [0.5, 0.6) is 6.01 Å². The summed E-state index contributed by atoms with van der Waals surface area (Å²) in [6.07, 6.45) is 7.36. The molecule has 11 nitrogen and oxygen atoms in total. The minimum atomic E-state index is -0.400. The van der Waals surface area contributed by atoms with E-state index in [1.54, 1.807) is 34.5 Å². The van der Waals surface area contributed by atoms with Gasteiger partial charge in [0.05, 0.1) is 12.1 Å². The lowest BCUT2D eigenvalue weighted by Gasteiger charge is -2.30. The van der Waals surface area contributed by atoms with Crippen molar-refractivity contribution < 1.29 is 19.1 Å². The van der Waals surface area contributed by atoms with E-state index in [4.69, 9.17) is 9.47 Å². The Morgan fingerprint density at radius 3 is 2.60 bits per heavy atom. The van der Waals surface area contributed by atoms with Gasteiger partial charge in [-0.3, -0.25) is 9.69 Å². The molecule has 2 unspecified atom stereocenters. The Bertz CT molecular complexity index is 1050. The fourth-order valence-electron chi connectivity index (χ4n) is 4.10. The van der Waals surface area contributed by atoms with Crippen LogP contribution in [0.4, 0.5) is 16.6 Å². The van der Waals surface area contributed by atoms with Crippen molar-refractivity contribution in [3.8, 4) is 6.01 Å². The first kappa shape index (κ1) is 24.4. The summed E-state index contributed by atoms with van der Waals surface area (Å²) in [4.78, 5) is 44.8. The van der Waals surface area contributed by atoms with Crippen molar-refractivity contribution >= 4 is 23.8 Å². The van der Waals surface area contributed by atoms with Crippen molar-refractivity contribution in [3.05, 3.63) is 42.9 Å². The third-order valence-corrected chi connectivity index (χ3v) is 6.26. The van der Waals surface area contributed by atoms with Crippen molar-refractivity contribution in [1.29, 1.82) is 0 Å². The second-order valence-electron chi connectivity index (χ2n) is 9.01. The van der Waals surface area contributed by atoms with Crippen LogP contribution < -0.4 is 15.0 Å². The Kier molecular flexibility index (Phi) is 7.42. The second kappa shape index (κ2) is 10.7. The maximum Gasteiger partial charge on any atom is 0.415 e. The quantitative estimate of drug-likeness (QED) is 0.567. The van der Waals surface area contributed by atoms with Crippen LogP contribution in [-0.4, -0.2) is 68.7 Å². The van der Waals surface area contributed by atoms with Gasteiger partial charge in [-0.15, -0.1) is 0 Å². The molecule has 0 aromatic carbocycles. The fourth-order valence-corrected chi connectivity index (χ4v) is 4.10. The van der Waals surface area contributed by atoms with Crippen LogP contribution in [0.2, 0.25) is 0 Å². The average molecular weight is 482 g/mol. The highest BCUT2D eigenvalue weighted by Crippen LogP contribution is 2.27. The monoisotopic (exact) mass is 481 g/mol. The van der Waals surface area contributed by atoms with Crippen LogP contribution in [0, 0.1) is 5.92 Å². The van der Waals surface area contributed by atoms with Crippen molar-refractivity contribution in [2.75, 3.05) is 29.9 Å². The number of rotatable bonds is 8. The number of amides is 2. The predicted octanol–water partition coefficient (Wildman–Crippen LogP) is 2.98. The molecule has 2 saturated heterocycles. The van der Waals surface area contributed by atoms with Gasteiger partial charge in [-0.2, -0.15) is 4.98 Å². The van der Waals surface area contributed by atoms with E-state index in [0.717, 1.165) is 18.4 Å². The highest BCUT2D eigenvalue weighted by Gasteiger charge is 2.37. The first-order valence-corrected chi connectivity index (χ1v) is 11.8. The number of likely N-dealkylation sites (tertiary alicyclic amines) is 1. The molecule has 2 fully saturated rings. The van der Waals surface area contributed by atoms with Crippen LogP contribution in [0.25, 0.3) is 0 Å². The molecule has 0 spiro atoms. The average Bonchev–Trinajstić information content (AvgIpc) is 3.26. The molecule has 2 aliphatic rings. The van der Waals surface area contributed by atoms with Crippen molar-refractivity contribution in [2.45, 2.75) is 51.8 Å². The number of carbonyl (C=O) groups excluding carboxylic acids is 2. The van der Waals surface area contributed by atoms with Gasteiger partial charge in [-0.25, -0.2) is 19.7 Å². The zero-order valence-electron chi connectivity index (χ0n) is 20.3. The first-order chi connectivity index (χ1) is 16.9. The normalized spacial score (nSPS) is 19.4. The molecule has 2 aliphatic heterocycles. The van der Waals surface area contributed by atoms with Gasteiger partial charge >= 0.3 is 12.1 Å². The lowest BCUT2D eigenvalue weighted by molar-refractivity contribution is -0.127. The number of hydrogen-bond acceptors (Lipinski definition) is 9. The van der Waals surface area contributed by atoms with E-state index in [0.29, 0.717) is 37.5 Å². The minimum absolute atomic E-state index is 0.0339. The van der Waals surface area contributed by atoms with Gasteiger partial charge < -0.3 is 19.7 Å². The molecule has 35 heavy (non-hydrogen) atoms. The Labute approximate surface area is 204 Å². The number of piperidine rings is 1. The summed E-state index contributed by atoms with van der Waals surface area (Å²) in [5.41, 5.74) is 0.832. The number of anilines is 2. The molecule has 2 atom stereocenters. The van der Waals surface area contributed by atoms with Gasteiger partial charge in [0, 0.05) is 50.1 Å². The van der Waals surface area contributed by atoms with E-state index in [1.165, 1.54) is 6.08 Å². The number of hydrogen-bond donors (Lipinski definition) is 1. The predicted molar refractivity (Wildman–Crippen MR) is 129 cm³/mol. The van der Waals surface area contributed by atoms with E-state index in [9.17, 15) is 9.59 Å². The van der Waals surface area contributed by atoms with Crippen molar-refractivity contribution in [2.24, 2.45) is 5.92 Å². The summed E-state index contributed by atoms with van der Waals surface area (Å²) in [7, 11) is 0. The van der Waals surface area contributed by atoms with Crippen LogP contribution in [-0.2, 0) is 9.53 Å². The molecule has 186 valence electrons. The minimum Gasteiger partial charge on any atom is -0.460 e. The molecular weight excluding hydrogens is 450 g/mol. The molecule has 0 radical (unpaired) electrons. The van der Waals surface area contributed by atoms with Crippen molar-refractivity contribution in [3.63, 3.8) is 0 Å². The summed E-state index contributed by atoms with van der Waals surface area (Å²) in [6.45, 7) is 11.2. The van der Waals surface area contributed by atoms with Gasteiger partial charge in [-0.1, -0.05) is 20.4 Å². The summed E-state index contributed by atoms with van der Waals surface area (Å²) in [5, 5.41) is 3.24. The highest BCUT2D eigenvalue weighted by molar-refractivity contribution is 5.89. The Morgan fingerprint density at radius 2 is 1.94 bits per heavy atom. The molecule has 2 aromatic heterocycles. The van der Waals surface area contributed by atoms with E-state index in [2.05, 4.69) is 31.8 Å². The fraction of sp³-hybridized carbons (Fsp3) is 0.500.